The molecule has 3 nitrogen and oxygen atoms in total. The summed E-state index contributed by atoms with van der Waals surface area (Å²) in [6.45, 7) is 10.1. The Labute approximate surface area is 115 Å². The molecular weight excluding hydrogens is 240 g/mol. The Morgan fingerprint density at radius 2 is 1.95 bits per heavy atom. The quantitative estimate of drug-likeness (QED) is 0.878. The average Bonchev–Trinajstić information content (AvgIpc) is 2.25. The summed E-state index contributed by atoms with van der Waals surface area (Å²) in [7, 11) is 1.65. The molecule has 0 radical (unpaired) electrons. The molecule has 1 N–H and O–H groups in total. The normalized spacial score (nSPS) is 11.7. The highest BCUT2D eigenvalue weighted by molar-refractivity contribution is 5.70. The first-order valence-corrected chi connectivity index (χ1v) is 6.60. The van der Waals surface area contributed by atoms with Crippen molar-refractivity contribution in [2.75, 3.05) is 7.11 Å². The fraction of sp³-hybridized carbons (Fsp3) is 0.562. The van der Waals surface area contributed by atoms with Crippen LogP contribution in [0.1, 0.15) is 56.7 Å². The predicted octanol–water partition coefficient (Wildman–Crippen LogP) is 3.88. The number of aryl methyl sites for hydroxylation is 1. The topological polar surface area (TPSA) is 46.5 Å². The zero-order chi connectivity index (χ0) is 14.8. The zero-order valence-electron chi connectivity index (χ0n) is 12.7. The van der Waals surface area contributed by atoms with Gasteiger partial charge in [0, 0.05) is 11.0 Å². The van der Waals surface area contributed by atoms with Crippen LogP contribution in [0.5, 0.6) is 5.75 Å². The van der Waals surface area contributed by atoms with Crippen molar-refractivity contribution in [1.82, 2.24) is 0 Å². The molecule has 1 rings (SSSR count). The van der Waals surface area contributed by atoms with Crippen LogP contribution >= 0.6 is 0 Å². The largest absolute Gasteiger partial charge is 0.496 e. The van der Waals surface area contributed by atoms with Crippen molar-refractivity contribution in [3.63, 3.8) is 0 Å². The van der Waals surface area contributed by atoms with E-state index in [1.807, 2.05) is 20.8 Å². The van der Waals surface area contributed by atoms with Crippen molar-refractivity contribution < 1.29 is 14.6 Å². The second-order valence-corrected chi connectivity index (χ2v) is 5.99. The van der Waals surface area contributed by atoms with Gasteiger partial charge in [0.2, 0.25) is 0 Å². The van der Waals surface area contributed by atoms with Gasteiger partial charge in [0.15, 0.2) is 0 Å². The van der Waals surface area contributed by atoms with E-state index in [1.54, 1.807) is 7.11 Å². The van der Waals surface area contributed by atoms with Crippen LogP contribution in [0.15, 0.2) is 12.1 Å². The van der Waals surface area contributed by atoms with Gasteiger partial charge in [-0.3, -0.25) is 4.79 Å². The van der Waals surface area contributed by atoms with E-state index in [-0.39, 0.29) is 6.42 Å². The summed E-state index contributed by atoms with van der Waals surface area (Å²) in [5, 5.41) is 9.10. The highest BCUT2D eigenvalue weighted by Gasteiger charge is 2.30. The van der Waals surface area contributed by atoms with Gasteiger partial charge in [0.25, 0.3) is 0 Å². The van der Waals surface area contributed by atoms with Crippen molar-refractivity contribution in [3.8, 4) is 5.75 Å². The van der Waals surface area contributed by atoms with Gasteiger partial charge in [0.1, 0.15) is 5.75 Å². The van der Waals surface area contributed by atoms with Crippen LogP contribution in [-0.4, -0.2) is 18.2 Å². The van der Waals surface area contributed by atoms with Crippen LogP contribution in [0, 0.1) is 6.92 Å². The molecule has 1 aromatic rings. The van der Waals surface area contributed by atoms with Crippen molar-refractivity contribution in [2.24, 2.45) is 0 Å². The lowest BCUT2D eigenvalue weighted by molar-refractivity contribution is -0.138. The Balaban J connectivity index is 3.48. The third-order valence-corrected chi connectivity index (χ3v) is 3.49. The van der Waals surface area contributed by atoms with Crippen molar-refractivity contribution in [3.05, 3.63) is 28.8 Å². The van der Waals surface area contributed by atoms with Crippen LogP contribution in [0.25, 0.3) is 0 Å². The van der Waals surface area contributed by atoms with E-state index in [2.05, 4.69) is 26.0 Å². The molecule has 0 amide bonds. The number of hydrogen-bond acceptors (Lipinski definition) is 2. The summed E-state index contributed by atoms with van der Waals surface area (Å²) in [5.74, 6) is 0.387. The molecule has 106 valence electrons. The zero-order valence-corrected chi connectivity index (χ0v) is 12.7. The first-order chi connectivity index (χ1) is 8.70. The van der Waals surface area contributed by atoms with E-state index >= 15 is 0 Å². The summed E-state index contributed by atoms with van der Waals surface area (Å²) in [6.07, 6.45) is 0.0890. The van der Waals surface area contributed by atoms with Crippen molar-refractivity contribution in [2.45, 2.75) is 52.4 Å². The number of methoxy groups -OCH3 is 1. The Hall–Kier alpha value is -1.51. The standard InChI is InChI=1S/C16H24O3/c1-10(2)12-8-7-11(3)14(15(12)19-6)16(4,5)9-13(17)18/h7-8,10H,9H2,1-6H3,(H,17,18). The Morgan fingerprint density at radius 3 is 2.37 bits per heavy atom. The summed E-state index contributed by atoms with van der Waals surface area (Å²) < 4.78 is 5.59. The second-order valence-electron chi connectivity index (χ2n) is 5.99. The monoisotopic (exact) mass is 264 g/mol. The predicted molar refractivity (Wildman–Crippen MR) is 77.1 cm³/mol. The lowest BCUT2D eigenvalue weighted by Crippen LogP contribution is -2.24. The summed E-state index contributed by atoms with van der Waals surface area (Å²) in [6, 6.07) is 4.12. The van der Waals surface area contributed by atoms with E-state index < -0.39 is 11.4 Å². The maximum absolute atomic E-state index is 11.1. The molecule has 0 bridgehead atoms. The molecule has 0 aliphatic carbocycles. The molecule has 0 aromatic heterocycles. The fourth-order valence-corrected chi connectivity index (χ4v) is 2.68. The number of aliphatic carboxylic acids is 1. The smallest absolute Gasteiger partial charge is 0.304 e. The van der Waals surface area contributed by atoms with E-state index in [9.17, 15) is 4.79 Å². The molecule has 1 aromatic carbocycles. The van der Waals surface area contributed by atoms with Crippen LogP contribution < -0.4 is 4.74 Å². The molecule has 0 atom stereocenters. The third-order valence-electron chi connectivity index (χ3n) is 3.49. The van der Waals surface area contributed by atoms with Crippen molar-refractivity contribution >= 4 is 5.97 Å². The minimum absolute atomic E-state index is 0.0890. The number of carboxylic acid groups (broad SMARTS) is 1. The molecule has 0 spiro atoms. The highest BCUT2D eigenvalue weighted by Crippen LogP contribution is 2.41. The molecule has 0 fully saturated rings. The first-order valence-electron chi connectivity index (χ1n) is 6.60. The highest BCUT2D eigenvalue weighted by atomic mass is 16.5. The van der Waals surface area contributed by atoms with Gasteiger partial charge < -0.3 is 9.84 Å². The summed E-state index contributed by atoms with van der Waals surface area (Å²) in [5.41, 5.74) is 2.75. The minimum atomic E-state index is -0.790. The van der Waals surface area contributed by atoms with Gasteiger partial charge in [-0.15, -0.1) is 0 Å². The number of carboxylic acids is 1. The summed E-state index contributed by atoms with van der Waals surface area (Å²) >= 11 is 0. The SMILES string of the molecule is COc1c(C(C)C)ccc(C)c1C(C)(C)CC(=O)O. The van der Waals surface area contributed by atoms with Gasteiger partial charge in [-0.05, 0) is 24.0 Å². The van der Waals surface area contributed by atoms with Crippen LogP contribution in [0.3, 0.4) is 0 Å². The van der Waals surface area contributed by atoms with Crippen LogP contribution in [0.2, 0.25) is 0 Å². The first kappa shape index (κ1) is 15.5. The van der Waals surface area contributed by atoms with Gasteiger partial charge in [0.05, 0.1) is 13.5 Å². The Kier molecular flexibility index (Phi) is 4.61. The molecule has 19 heavy (non-hydrogen) atoms. The van der Waals surface area contributed by atoms with E-state index in [0.717, 1.165) is 22.4 Å². The second kappa shape index (κ2) is 5.64. The lowest BCUT2D eigenvalue weighted by Gasteiger charge is -2.29. The minimum Gasteiger partial charge on any atom is -0.496 e. The molecule has 3 heteroatoms. The Bertz CT molecular complexity index is 473. The van der Waals surface area contributed by atoms with E-state index in [1.165, 1.54) is 0 Å². The number of ether oxygens (including phenoxy) is 1. The fourth-order valence-electron chi connectivity index (χ4n) is 2.68. The molecule has 0 heterocycles. The third kappa shape index (κ3) is 3.28. The molecule has 0 unspecified atom stereocenters. The molecule has 0 aliphatic heterocycles. The maximum Gasteiger partial charge on any atom is 0.304 e. The molecule has 0 saturated carbocycles. The lowest BCUT2D eigenvalue weighted by atomic mass is 9.77. The number of rotatable bonds is 5. The average molecular weight is 264 g/mol. The van der Waals surface area contributed by atoms with Gasteiger partial charge in [-0.2, -0.15) is 0 Å². The van der Waals surface area contributed by atoms with Crippen LogP contribution in [-0.2, 0) is 10.2 Å². The molecule has 0 saturated heterocycles. The molecular formula is C16H24O3. The van der Waals surface area contributed by atoms with Gasteiger partial charge in [-0.25, -0.2) is 0 Å². The van der Waals surface area contributed by atoms with Crippen molar-refractivity contribution in [1.29, 1.82) is 0 Å². The Morgan fingerprint density at radius 1 is 1.37 bits per heavy atom. The van der Waals surface area contributed by atoms with Crippen LogP contribution in [0.4, 0.5) is 0 Å². The van der Waals surface area contributed by atoms with E-state index in [4.69, 9.17) is 9.84 Å². The summed E-state index contributed by atoms with van der Waals surface area (Å²) in [4.78, 5) is 11.1. The van der Waals surface area contributed by atoms with E-state index in [0.29, 0.717) is 5.92 Å². The van der Waals surface area contributed by atoms with Gasteiger partial charge in [-0.1, -0.05) is 39.8 Å². The number of hydrogen-bond donors (Lipinski definition) is 1. The van der Waals surface area contributed by atoms with Gasteiger partial charge >= 0.3 is 5.97 Å². The number of carbonyl (C=O) groups is 1. The molecule has 0 aliphatic rings. The maximum atomic E-state index is 11.1. The number of benzene rings is 1.